The van der Waals surface area contributed by atoms with Crippen molar-refractivity contribution in [2.45, 2.75) is 13.3 Å². The van der Waals surface area contributed by atoms with Crippen LogP contribution in [-0.4, -0.2) is 42.5 Å². The predicted octanol–water partition coefficient (Wildman–Crippen LogP) is 1.03. The van der Waals surface area contributed by atoms with Crippen molar-refractivity contribution < 1.29 is 14.3 Å². The minimum atomic E-state index is -0.327. The van der Waals surface area contributed by atoms with Crippen LogP contribution in [0.2, 0.25) is 0 Å². The molecule has 0 atom stereocenters. The Bertz CT molecular complexity index is 418. The van der Waals surface area contributed by atoms with Crippen molar-refractivity contribution in [1.82, 2.24) is 9.88 Å². The Morgan fingerprint density at radius 1 is 1.41 bits per heavy atom. The monoisotopic (exact) mass is 236 g/mol. The number of aryl methyl sites for hydroxylation is 1. The summed E-state index contributed by atoms with van der Waals surface area (Å²) in [7, 11) is 2.97. The van der Waals surface area contributed by atoms with Crippen molar-refractivity contribution in [3.8, 4) is 0 Å². The number of carbonyl (C=O) groups is 2. The Morgan fingerprint density at radius 3 is 2.71 bits per heavy atom. The van der Waals surface area contributed by atoms with E-state index in [1.165, 1.54) is 18.2 Å². The molecule has 0 aliphatic rings. The fourth-order valence-electron chi connectivity index (χ4n) is 1.35. The summed E-state index contributed by atoms with van der Waals surface area (Å²) in [6, 6.07) is 1.77. The van der Waals surface area contributed by atoms with Gasteiger partial charge < -0.3 is 9.64 Å². The van der Waals surface area contributed by atoms with E-state index < -0.39 is 0 Å². The number of esters is 1. The highest BCUT2D eigenvalue weighted by atomic mass is 16.5. The zero-order valence-electron chi connectivity index (χ0n) is 10.3. The first-order valence-electron chi connectivity index (χ1n) is 5.28. The van der Waals surface area contributed by atoms with Crippen LogP contribution < -0.4 is 0 Å². The summed E-state index contributed by atoms with van der Waals surface area (Å²) in [5.41, 5.74) is 1.45. The van der Waals surface area contributed by atoms with E-state index in [0.29, 0.717) is 12.1 Å². The molecule has 0 saturated heterocycles. The number of hydrogen-bond acceptors (Lipinski definition) is 4. The molecule has 17 heavy (non-hydrogen) atoms. The Morgan fingerprint density at radius 2 is 2.12 bits per heavy atom. The average molecular weight is 236 g/mol. The quantitative estimate of drug-likeness (QED) is 0.732. The summed E-state index contributed by atoms with van der Waals surface area (Å²) in [5, 5.41) is 0. The lowest BCUT2D eigenvalue weighted by atomic mass is 10.2. The van der Waals surface area contributed by atoms with Crippen molar-refractivity contribution in [2.75, 3.05) is 20.7 Å². The van der Waals surface area contributed by atoms with Gasteiger partial charge in [0.25, 0.3) is 5.91 Å². The van der Waals surface area contributed by atoms with Crippen LogP contribution in [0.15, 0.2) is 18.5 Å². The summed E-state index contributed by atoms with van der Waals surface area (Å²) < 4.78 is 4.52. The number of rotatable bonds is 4. The molecule has 5 heteroatoms. The molecule has 0 aromatic carbocycles. The van der Waals surface area contributed by atoms with Crippen LogP contribution in [-0.2, 0) is 9.53 Å². The highest BCUT2D eigenvalue weighted by molar-refractivity contribution is 5.94. The summed E-state index contributed by atoms with van der Waals surface area (Å²) in [4.78, 5) is 28.3. The number of hydrogen-bond donors (Lipinski definition) is 0. The van der Waals surface area contributed by atoms with Gasteiger partial charge in [0.1, 0.15) is 0 Å². The van der Waals surface area contributed by atoms with Gasteiger partial charge in [0.05, 0.1) is 19.1 Å². The maximum atomic E-state index is 11.9. The van der Waals surface area contributed by atoms with Gasteiger partial charge in [-0.15, -0.1) is 0 Å². The second-order valence-electron chi connectivity index (χ2n) is 3.80. The van der Waals surface area contributed by atoms with Gasteiger partial charge in [0.15, 0.2) is 0 Å². The van der Waals surface area contributed by atoms with Gasteiger partial charge in [-0.05, 0) is 18.6 Å². The van der Waals surface area contributed by atoms with Crippen LogP contribution in [0.4, 0.5) is 0 Å². The van der Waals surface area contributed by atoms with Crippen LogP contribution in [0.1, 0.15) is 22.3 Å². The van der Waals surface area contributed by atoms with E-state index in [2.05, 4.69) is 9.72 Å². The number of nitrogens with zero attached hydrogens (tertiary/aromatic N) is 2. The van der Waals surface area contributed by atoms with E-state index in [4.69, 9.17) is 0 Å². The van der Waals surface area contributed by atoms with Crippen LogP contribution in [0.25, 0.3) is 0 Å². The molecule has 0 saturated carbocycles. The molecule has 1 aromatic rings. The second-order valence-corrected chi connectivity index (χ2v) is 3.80. The molecule has 0 fully saturated rings. The number of aromatic nitrogens is 1. The lowest BCUT2D eigenvalue weighted by Gasteiger charge is -2.16. The SMILES string of the molecule is COC(=O)CCN(C)C(=O)c1cncc(C)c1. The average Bonchev–Trinajstić information content (AvgIpc) is 2.34. The minimum absolute atomic E-state index is 0.148. The molecular weight excluding hydrogens is 220 g/mol. The summed E-state index contributed by atoms with van der Waals surface area (Å²) >= 11 is 0. The largest absolute Gasteiger partial charge is 0.469 e. The Kier molecular flexibility index (Phi) is 4.63. The maximum absolute atomic E-state index is 11.9. The molecule has 0 unspecified atom stereocenters. The molecule has 5 nitrogen and oxygen atoms in total. The molecule has 0 spiro atoms. The molecule has 1 rings (SSSR count). The van der Waals surface area contributed by atoms with Gasteiger partial charge in [-0.2, -0.15) is 0 Å². The first-order valence-corrected chi connectivity index (χ1v) is 5.28. The number of amides is 1. The third kappa shape index (κ3) is 3.86. The molecule has 0 aliphatic heterocycles. The van der Waals surface area contributed by atoms with Gasteiger partial charge in [0.2, 0.25) is 0 Å². The highest BCUT2D eigenvalue weighted by Crippen LogP contribution is 2.05. The van der Waals surface area contributed by atoms with Gasteiger partial charge in [-0.25, -0.2) is 0 Å². The van der Waals surface area contributed by atoms with E-state index in [0.717, 1.165) is 5.56 Å². The maximum Gasteiger partial charge on any atom is 0.307 e. The van der Waals surface area contributed by atoms with Gasteiger partial charge in [-0.3, -0.25) is 14.6 Å². The first-order chi connectivity index (χ1) is 8.04. The van der Waals surface area contributed by atoms with Crippen LogP contribution in [0.3, 0.4) is 0 Å². The van der Waals surface area contributed by atoms with Crippen molar-refractivity contribution in [3.63, 3.8) is 0 Å². The van der Waals surface area contributed by atoms with Crippen molar-refractivity contribution in [2.24, 2.45) is 0 Å². The molecular formula is C12H16N2O3. The highest BCUT2D eigenvalue weighted by Gasteiger charge is 2.13. The molecule has 0 N–H and O–H groups in total. The Labute approximate surface area is 100 Å². The summed E-state index contributed by atoms with van der Waals surface area (Å²) in [6.45, 7) is 2.21. The molecule has 0 radical (unpaired) electrons. The molecule has 1 heterocycles. The van der Waals surface area contributed by atoms with Crippen LogP contribution >= 0.6 is 0 Å². The first kappa shape index (κ1) is 13.2. The fourth-order valence-corrected chi connectivity index (χ4v) is 1.35. The van der Waals surface area contributed by atoms with Gasteiger partial charge in [0, 0.05) is 26.0 Å². The van der Waals surface area contributed by atoms with Crippen molar-refractivity contribution >= 4 is 11.9 Å². The van der Waals surface area contributed by atoms with E-state index in [9.17, 15) is 9.59 Å². The Balaban J connectivity index is 2.61. The lowest BCUT2D eigenvalue weighted by Crippen LogP contribution is -2.29. The number of carbonyl (C=O) groups excluding carboxylic acids is 2. The predicted molar refractivity (Wildman–Crippen MR) is 62.6 cm³/mol. The van der Waals surface area contributed by atoms with E-state index in [-0.39, 0.29) is 18.3 Å². The van der Waals surface area contributed by atoms with Crippen molar-refractivity contribution in [3.05, 3.63) is 29.6 Å². The van der Waals surface area contributed by atoms with E-state index in [1.807, 2.05) is 6.92 Å². The zero-order valence-corrected chi connectivity index (χ0v) is 10.3. The standard InChI is InChI=1S/C12H16N2O3/c1-9-6-10(8-13-7-9)12(16)14(2)5-4-11(15)17-3/h6-8H,4-5H2,1-3H3. The molecule has 1 amide bonds. The molecule has 0 aliphatic carbocycles. The van der Waals surface area contributed by atoms with Crippen LogP contribution in [0.5, 0.6) is 0 Å². The Hall–Kier alpha value is -1.91. The summed E-state index contributed by atoms with van der Waals surface area (Å²) in [5.74, 6) is -0.475. The molecule has 0 bridgehead atoms. The van der Waals surface area contributed by atoms with E-state index in [1.54, 1.807) is 19.3 Å². The summed E-state index contributed by atoms with van der Waals surface area (Å²) in [6.07, 6.45) is 3.40. The molecule has 1 aromatic heterocycles. The topological polar surface area (TPSA) is 59.5 Å². The molecule has 92 valence electrons. The van der Waals surface area contributed by atoms with Gasteiger partial charge >= 0.3 is 5.97 Å². The smallest absolute Gasteiger partial charge is 0.307 e. The van der Waals surface area contributed by atoms with Crippen LogP contribution in [0, 0.1) is 6.92 Å². The third-order valence-corrected chi connectivity index (χ3v) is 2.35. The minimum Gasteiger partial charge on any atom is -0.469 e. The normalized spacial score (nSPS) is 9.82. The van der Waals surface area contributed by atoms with Crippen molar-refractivity contribution in [1.29, 1.82) is 0 Å². The second kappa shape index (κ2) is 5.98. The lowest BCUT2D eigenvalue weighted by molar-refractivity contribution is -0.140. The zero-order chi connectivity index (χ0) is 12.8. The number of ether oxygens (including phenoxy) is 1. The fraction of sp³-hybridized carbons (Fsp3) is 0.417. The number of pyridine rings is 1. The van der Waals surface area contributed by atoms with E-state index >= 15 is 0 Å². The third-order valence-electron chi connectivity index (χ3n) is 2.35. The van der Waals surface area contributed by atoms with Gasteiger partial charge in [-0.1, -0.05) is 0 Å². The number of methoxy groups -OCH3 is 1.